The summed E-state index contributed by atoms with van der Waals surface area (Å²) in [6.07, 6.45) is 1.88. The highest BCUT2D eigenvalue weighted by Gasteiger charge is 2.22. The summed E-state index contributed by atoms with van der Waals surface area (Å²) in [5.41, 5.74) is 4.71. The van der Waals surface area contributed by atoms with Gasteiger partial charge in [-0.2, -0.15) is 4.83 Å². The summed E-state index contributed by atoms with van der Waals surface area (Å²) >= 11 is 1.35. The van der Waals surface area contributed by atoms with Crippen molar-refractivity contribution in [1.82, 2.24) is 15.2 Å². The van der Waals surface area contributed by atoms with E-state index >= 15 is 0 Å². The first-order valence-corrected chi connectivity index (χ1v) is 10.2. The molecule has 2 N–H and O–H groups in total. The zero-order valence-electron chi connectivity index (χ0n) is 16.0. The largest absolute Gasteiger partial charge is 0.342 e. The van der Waals surface area contributed by atoms with Gasteiger partial charge in [-0.25, -0.2) is 4.39 Å². The molecule has 0 aliphatic carbocycles. The number of rotatable bonds is 5. The van der Waals surface area contributed by atoms with Crippen LogP contribution >= 0.6 is 11.9 Å². The SMILES string of the molecule is CC(=O)N1CCCC(SNNC(=O)c2cc(-c3ccccc3)cc(C)c2F)C1. The van der Waals surface area contributed by atoms with E-state index in [1.54, 1.807) is 30.9 Å². The first-order valence-electron chi connectivity index (χ1n) is 9.27. The molecule has 0 bridgehead atoms. The number of carbonyl (C=O) groups excluding carboxylic acids is 2. The average molecular weight is 402 g/mol. The molecule has 2 aromatic rings. The van der Waals surface area contributed by atoms with E-state index in [0.29, 0.717) is 12.1 Å². The third-order valence-electron chi connectivity index (χ3n) is 4.82. The van der Waals surface area contributed by atoms with Crippen LogP contribution in [0.15, 0.2) is 42.5 Å². The minimum atomic E-state index is -0.524. The summed E-state index contributed by atoms with van der Waals surface area (Å²) in [6, 6.07) is 12.9. The van der Waals surface area contributed by atoms with Gasteiger partial charge in [-0.3, -0.25) is 15.0 Å². The number of likely N-dealkylation sites (tertiary alicyclic amines) is 1. The molecule has 0 saturated carbocycles. The first kappa shape index (κ1) is 20.4. The van der Waals surface area contributed by atoms with Gasteiger partial charge in [0.05, 0.1) is 5.56 Å². The molecular weight excluding hydrogens is 377 g/mol. The van der Waals surface area contributed by atoms with Crippen LogP contribution in [0, 0.1) is 12.7 Å². The van der Waals surface area contributed by atoms with E-state index in [4.69, 9.17) is 0 Å². The Hall–Kier alpha value is -2.38. The number of hydrazine groups is 1. The number of piperidine rings is 1. The van der Waals surface area contributed by atoms with Crippen molar-refractivity contribution in [2.24, 2.45) is 0 Å². The van der Waals surface area contributed by atoms with Gasteiger partial charge in [0.2, 0.25) is 5.91 Å². The van der Waals surface area contributed by atoms with Crippen molar-refractivity contribution >= 4 is 23.8 Å². The molecule has 1 heterocycles. The van der Waals surface area contributed by atoms with E-state index in [2.05, 4.69) is 10.3 Å². The Kier molecular flexibility index (Phi) is 6.70. The molecule has 28 heavy (non-hydrogen) atoms. The van der Waals surface area contributed by atoms with Crippen LogP contribution < -0.4 is 10.3 Å². The van der Waals surface area contributed by atoms with E-state index in [-0.39, 0.29) is 16.7 Å². The second kappa shape index (κ2) is 9.21. The lowest BCUT2D eigenvalue weighted by molar-refractivity contribution is -0.129. The first-order chi connectivity index (χ1) is 13.5. The molecule has 0 aromatic heterocycles. The minimum Gasteiger partial charge on any atom is -0.342 e. The van der Waals surface area contributed by atoms with E-state index in [0.717, 1.165) is 30.5 Å². The summed E-state index contributed by atoms with van der Waals surface area (Å²) in [7, 11) is 0. The van der Waals surface area contributed by atoms with Crippen molar-refractivity contribution in [2.75, 3.05) is 13.1 Å². The topological polar surface area (TPSA) is 61.4 Å². The molecule has 1 fully saturated rings. The summed E-state index contributed by atoms with van der Waals surface area (Å²) in [6.45, 7) is 4.63. The lowest BCUT2D eigenvalue weighted by atomic mass is 9.99. The van der Waals surface area contributed by atoms with E-state index in [9.17, 15) is 14.0 Å². The van der Waals surface area contributed by atoms with Gasteiger partial charge >= 0.3 is 0 Å². The third-order valence-corrected chi connectivity index (χ3v) is 5.76. The normalized spacial score (nSPS) is 16.7. The van der Waals surface area contributed by atoms with Crippen molar-refractivity contribution in [3.63, 3.8) is 0 Å². The molecule has 1 aliphatic rings. The smallest absolute Gasteiger partial charge is 0.269 e. The lowest BCUT2D eigenvalue weighted by Crippen LogP contribution is -2.42. The van der Waals surface area contributed by atoms with Crippen LogP contribution in [0.1, 0.15) is 35.7 Å². The molecule has 2 aromatic carbocycles. The number of hydrogen-bond donors (Lipinski definition) is 2. The minimum absolute atomic E-state index is 0.000889. The molecule has 3 rings (SSSR count). The fourth-order valence-electron chi connectivity index (χ4n) is 3.28. The van der Waals surface area contributed by atoms with Crippen molar-refractivity contribution in [1.29, 1.82) is 0 Å². The lowest BCUT2D eigenvalue weighted by Gasteiger charge is -2.31. The van der Waals surface area contributed by atoms with Gasteiger partial charge in [-0.15, -0.1) is 0 Å². The van der Waals surface area contributed by atoms with Crippen LogP contribution in [0.5, 0.6) is 0 Å². The summed E-state index contributed by atoms with van der Waals surface area (Å²) < 4.78 is 14.5. The predicted octanol–water partition coefficient (Wildman–Crippen LogP) is 3.69. The highest BCUT2D eigenvalue weighted by Crippen LogP contribution is 2.25. The Balaban J connectivity index is 1.64. The Morgan fingerprint density at radius 2 is 1.93 bits per heavy atom. The maximum atomic E-state index is 14.5. The van der Waals surface area contributed by atoms with Gasteiger partial charge in [0, 0.05) is 25.3 Å². The molecule has 0 radical (unpaired) electrons. The number of halogens is 1. The second-order valence-electron chi connectivity index (χ2n) is 6.92. The molecule has 0 spiro atoms. The van der Waals surface area contributed by atoms with Crippen LogP contribution in [0.2, 0.25) is 0 Å². The highest BCUT2D eigenvalue weighted by molar-refractivity contribution is 7.98. The van der Waals surface area contributed by atoms with Crippen LogP contribution in [-0.2, 0) is 4.79 Å². The van der Waals surface area contributed by atoms with Gasteiger partial charge in [-0.05, 0) is 48.6 Å². The zero-order chi connectivity index (χ0) is 20.1. The Morgan fingerprint density at radius 3 is 2.64 bits per heavy atom. The molecule has 148 valence electrons. The maximum Gasteiger partial charge on any atom is 0.269 e. The van der Waals surface area contributed by atoms with Gasteiger partial charge in [-0.1, -0.05) is 42.3 Å². The number of hydrogen-bond acceptors (Lipinski definition) is 4. The van der Waals surface area contributed by atoms with Crippen molar-refractivity contribution in [3.8, 4) is 11.1 Å². The molecule has 1 saturated heterocycles. The predicted molar refractivity (Wildman–Crippen MR) is 110 cm³/mol. The quantitative estimate of drug-likeness (QED) is 0.593. The summed E-state index contributed by atoms with van der Waals surface area (Å²) in [4.78, 5) is 28.7. The number of benzene rings is 2. The fourth-order valence-corrected chi connectivity index (χ4v) is 4.14. The van der Waals surface area contributed by atoms with Crippen LogP contribution in [-0.4, -0.2) is 35.1 Å². The number of amides is 2. The van der Waals surface area contributed by atoms with Gasteiger partial charge in [0.15, 0.2) is 0 Å². The number of aryl methyl sites for hydroxylation is 1. The molecule has 2 amide bonds. The maximum absolute atomic E-state index is 14.5. The number of carbonyl (C=O) groups is 2. The second-order valence-corrected chi connectivity index (χ2v) is 8.03. The Labute approximate surface area is 168 Å². The Morgan fingerprint density at radius 1 is 1.18 bits per heavy atom. The molecule has 1 unspecified atom stereocenters. The Bertz CT molecular complexity index is 860. The van der Waals surface area contributed by atoms with Crippen molar-refractivity contribution in [2.45, 2.75) is 31.9 Å². The number of nitrogens with zero attached hydrogens (tertiary/aromatic N) is 1. The van der Waals surface area contributed by atoms with Gasteiger partial charge < -0.3 is 4.90 Å². The van der Waals surface area contributed by atoms with E-state index in [1.165, 1.54) is 11.9 Å². The van der Waals surface area contributed by atoms with Crippen LogP contribution in [0.3, 0.4) is 0 Å². The highest BCUT2D eigenvalue weighted by atomic mass is 32.2. The van der Waals surface area contributed by atoms with E-state index < -0.39 is 11.7 Å². The monoisotopic (exact) mass is 401 g/mol. The molecule has 5 nitrogen and oxygen atoms in total. The summed E-state index contributed by atoms with van der Waals surface area (Å²) in [5.74, 6) is -0.987. The molecular formula is C21H24FN3O2S. The molecule has 7 heteroatoms. The third kappa shape index (κ3) is 4.91. The fraction of sp³-hybridized carbons (Fsp3) is 0.333. The van der Waals surface area contributed by atoms with Crippen molar-refractivity contribution < 1.29 is 14.0 Å². The number of nitrogens with one attached hydrogen (secondary N) is 2. The van der Waals surface area contributed by atoms with Gasteiger partial charge in [0.1, 0.15) is 5.82 Å². The van der Waals surface area contributed by atoms with Crippen LogP contribution in [0.4, 0.5) is 4.39 Å². The summed E-state index contributed by atoms with van der Waals surface area (Å²) in [5, 5.41) is 0.181. The van der Waals surface area contributed by atoms with Crippen molar-refractivity contribution in [3.05, 3.63) is 59.4 Å². The average Bonchev–Trinajstić information content (AvgIpc) is 2.70. The molecule has 1 aliphatic heterocycles. The van der Waals surface area contributed by atoms with E-state index in [1.807, 2.05) is 30.3 Å². The standard InChI is InChI=1S/C21H24FN3O2S/c1-14-11-17(16-7-4-3-5-8-16)12-19(20(14)22)21(27)23-24-28-18-9-6-10-25(13-18)15(2)26/h3-5,7-8,11-12,18,24H,6,9-10,13H2,1-2H3,(H,23,27). The van der Waals surface area contributed by atoms with Gasteiger partial charge in [0.25, 0.3) is 5.91 Å². The van der Waals surface area contributed by atoms with Crippen LogP contribution in [0.25, 0.3) is 11.1 Å². The zero-order valence-corrected chi connectivity index (χ0v) is 16.8. The molecule has 1 atom stereocenters.